The molecule has 1 saturated heterocycles. The normalized spacial score (nSPS) is 17.9. The van der Waals surface area contributed by atoms with Crippen LogP contribution in [-0.4, -0.2) is 49.7 Å². The Hall–Kier alpha value is -0.850. The van der Waals surface area contributed by atoms with Gasteiger partial charge in [-0.1, -0.05) is 29.3 Å². The Kier molecular flexibility index (Phi) is 7.11. The predicted octanol–water partition coefficient (Wildman–Crippen LogP) is 2.05. The lowest BCUT2D eigenvalue weighted by Crippen LogP contribution is -2.50. The fourth-order valence-electron chi connectivity index (χ4n) is 2.70. The van der Waals surface area contributed by atoms with Crippen molar-refractivity contribution in [2.75, 3.05) is 26.8 Å². The molecule has 1 atom stereocenters. The summed E-state index contributed by atoms with van der Waals surface area (Å²) in [7, 11) is 1.54. The summed E-state index contributed by atoms with van der Waals surface area (Å²) in [6, 6.07) is 5.29. The first kappa shape index (κ1) is 18.5. The zero-order valence-corrected chi connectivity index (χ0v) is 14.7. The van der Waals surface area contributed by atoms with Crippen molar-refractivity contribution < 1.29 is 9.53 Å². The van der Waals surface area contributed by atoms with Gasteiger partial charge in [-0.2, -0.15) is 0 Å². The van der Waals surface area contributed by atoms with Crippen LogP contribution in [-0.2, 0) is 16.1 Å². The number of methoxy groups -OCH3 is 1. The molecule has 0 bridgehead atoms. The van der Waals surface area contributed by atoms with Crippen molar-refractivity contribution in [1.82, 2.24) is 10.2 Å². The Bertz CT molecular complexity index is 534. The molecule has 0 saturated carbocycles. The molecule has 23 heavy (non-hydrogen) atoms. The van der Waals surface area contributed by atoms with E-state index < -0.39 is 6.04 Å². The van der Waals surface area contributed by atoms with E-state index in [1.54, 1.807) is 0 Å². The molecule has 0 aromatic heterocycles. The number of ether oxygens (including phenoxy) is 1. The SMILES string of the molecule is COCC(N)C(=O)NC1CCN(Cc2ccc(Cl)c(Cl)c2)CC1. The molecule has 2 rings (SSSR count). The molecule has 1 unspecified atom stereocenters. The summed E-state index contributed by atoms with van der Waals surface area (Å²) >= 11 is 12.0. The van der Waals surface area contributed by atoms with Crippen LogP contribution < -0.4 is 11.1 Å². The van der Waals surface area contributed by atoms with Crippen molar-refractivity contribution >= 4 is 29.1 Å². The number of benzene rings is 1. The van der Waals surface area contributed by atoms with Gasteiger partial charge in [0.05, 0.1) is 16.7 Å². The van der Waals surface area contributed by atoms with Gasteiger partial charge < -0.3 is 15.8 Å². The number of nitrogens with two attached hydrogens (primary N) is 1. The summed E-state index contributed by atoms with van der Waals surface area (Å²) in [6.07, 6.45) is 1.82. The number of carbonyl (C=O) groups is 1. The summed E-state index contributed by atoms with van der Waals surface area (Å²) in [5.74, 6) is -0.144. The largest absolute Gasteiger partial charge is 0.383 e. The monoisotopic (exact) mass is 359 g/mol. The molecule has 7 heteroatoms. The zero-order valence-electron chi connectivity index (χ0n) is 13.2. The topological polar surface area (TPSA) is 67.6 Å². The van der Waals surface area contributed by atoms with Crippen LogP contribution >= 0.6 is 23.2 Å². The highest BCUT2D eigenvalue weighted by Crippen LogP contribution is 2.24. The van der Waals surface area contributed by atoms with Crippen molar-refractivity contribution in [3.8, 4) is 0 Å². The lowest BCUT2D eigenvalue weighted by molar-refractivity contribution is -0.124. The maximum Gasteiger partial charge on any atom is 0.239 e. The van der Waals surface area contributed by atoms with Gasteiger partial charge in [-0.15, -0.1) is 0 Å². The molecular formula is C16H23Cl2N3O2. The first-order valence-electron chi connectivity index (χ1n) is 7.70. The van der Waals surface area contributed by atoms with Gasteiger partial charge in [0, 0.05) is 32.8 Å². The van der Waals surface area contributed by atoms with Gasteiger partial charge >= 0.3 is 0 Å². The van der Waals surface area contributed by atoms with Gasteiger partial charge in [-0.3, -0.25) is 9.69 Å². The number of halogens is 2. The van der Waals surface area contributed by atoms with Gasteiger partial charge in [0.2, 0.25) is 5.91 Å². The van der Waals surface area contributed by atoms with E-state index in [0.717, 1.165) is 38.0 Å². The molecule has 3 N–H and O–H groups in total. The molecule has 0 spiro atoms. The first-order chi connectivity index (χ1) is 11.0. The molecule has 1 aliphatic rings. The minimum absolute atomic E-state index is 0.144. The van der Waals surface area contributed by atoms with E-state index in [0.29, 0.717) is 10.0 Å². The minimum Gasteiger partial charge on any atom is -0.383 e. The number of hydrogen-bond donors (Lipinski definition) is 2. The Morgan fingerprint density at radius 2 is 2.09 bits per heavy atom. The van der Waals surface area contributed by atoms with Crippen LogP contribution in [0.1, 0.15) is 18.4 Å². The highest BCUT2D eigenvalue weighted by atomic mass is 35.5. The Labute approximate surface area is 147 Å². The molecule has 128 valence electrons. The number of amides is 1. The van der Waals surface area contributed by atoms with Crippen molar-refractivity contribution in [2.24, 2.45) is 5.73 Å². The molecule has 1 heterocycles. The lowest BCUT2D eigenvalue weighted by Gasteiger charge is -2.32. The van der Waals surface area contributed by atoms with Gasteiger partial charge in [0.25, 0.3) is 0 Å². The van der Waals surface area contributed by atoms with Crippen LogP contribution in [0.4, 0.5) is 0 Å². The molecule has 1 aliphatic heterocycles. The second kappa shape index (κ2) is 8.85. The van der Waals surface area contributed by atoms with Crippen molar-refractivity contribution in [3.05, 3.63) is 33.8 Å². The van der Waals surface area contributed by atoms with Gasteiger partial charge in [0.15, 0.2) is 0 Å². The van der Waals surface area contributed by atoms with E-state index in [-0.39, 0.29) is 18.6 Å². The highest BCUT2D eigenvalue weighted by Gasteiger charge is 2.23. The van der Waals surface area contributed by atoms with E-state index >= 15 is 0 Å². The molecule has 0 radical (unpaired) electrons. The standard InChI is InChI=1S/C16H23Cl2N3O2/c1-23-10-15(19)16(22)20-12-4-6-21(7-5-12)9-11-2-3-13(17)14(18)8-11/h2-3,8,12,15H,4-7,9-10,19H2,1H3,(H,20,22). The zero-order chi connectivity index (χ0) is 16.8. The number of nitrogens with one attached hydrogen (secondary N) is 1. The number of piperidine rings is 1. The maximum absolute atomic E-state index is 11.9. The highest BCUT2D eigenvalue weighted by molar-refractivity contribution is 6.42. The van der Waals surface area contributed by atoms with E-state index in [4.69, 9.17) is 33.7 Å². The summed E-state index contributed by atoms with van der Waals surface area (Å²) < 4.78 is 4.90. The first-order valence-corrected chi connectivity index (χ1v) is 8.46. The molecule has 1 fully saturated rings. The molecule has 0 aliphatic carbocycles. The number of hydrogen-bond acceptors (Lipinski definition) is 4. The van der Waals surface area contributed by atoms with Crippen LogP contribution in [0, 0.1) is 0 Å². The molecular weight excluding hydrogens is 337 g/mol. The number of nitrogens with zero attached hydrogens (tertiary/aromatic N) is 1. The third-order valence-corrected chi connectivity index (χ3v) is 4.75. The smallest absolute Gasteiger partial charge is 0.239 e. The van der Waals surface area contributed by atoms with E-state index in [9.17, 15) is 4.79 Å². The predicted molar refractivity (Wildman–Crippen MR) is 92.8 cm³/mol. The maximum atomic E-state index is 11.9. The van der Waals surface area contributed by atoms with E-state index in [1.807, 2.05) is 18.2 Å². The van der Waals surface area contributed by atoms with Crippen LogP contribution in [0.2, 0.25) is 10.0 Å². The van der Waals surface area contributed by atoms with E-state index in [2.05, 4.69) is 10.2 Å². The second-order valence-electron chi connectivity index (χ2n) is 5.87. The Morgan fingerprint density at radius 3 is 2.70 bits per heavy atom. The van der Waals surface area contributed by atoms with Crippen LogP contribution in [0.15, 0.2) is 18.2 Å². The van der Waals surface area contributed by atoms with Crippen LogP contribution in [0.25, 0.3) is 0 Å². The average molecular weight is 360 g/mol. The lowest BCUT2D eigenvalue weighted by atomic mass is 10.0. The van der Waals surface area contributed by atoms with Gasteiger partial charge in [0.1, 0.15) is 6.04 Å². The third-order valence-electron chi connectivity index (χ3n) is 4.01. The number of rotatable bonds is 6. The van der Waals surface area contributed by atoms with Crippen molar-refractivity contribution in [2.45, 2.75) is 31.5 Å². The van der Waals surface area contributed by atoms with Gasteiger partial charge in [-0.05, 0) is 30.5 Å². The molecule has 1 amide bonds. The van der Waals surface area contributed by atoms with Crippen molar-refractivity contribution in [3.63, 3.8) is 0 Å². The fourth-order valence-corrected chi connectivity index (χ4v) is 3.02. The summed E-state index contributed by atoms with van der Waals surface area (Å²) in [6.45, 7) is 2.91. The Morgan fingerprint density at radius 1 is 1.39 bits per heavy atom. The number of carbonyl (C=O) groups excluding carboxylic acids is 1. The molecule has 1 aromatic carbocycles. The average Bonchev–Trinajstić information content (AvgIpc) is 2.53. The number of likely N-dealkylation sites (tertiary alicyclic amines) is 1. The van der Waals surface area contributed by atoms with Crippen LogP contribution in [0.3, 0.4) is 0 Å². The second-order valence-corrected chi connectivity index (χ2v) is 6.68. The Balaban J connectivity index is 1.77. The van der Waals surface area contributed by atoms with Gasteiger partial charge in [-0.25, -0.2) is 0 Å². The third kappa shape index (κ3) is 5.62. The van der Waals surface area contributed by atoms with Crippen LogP contribution in [0.5, 0.6) is 0 Å². The fraction of sp³-hybridized carbons (Fsp3) is 0.562. The molecule has 5 nitrogen and oxygen atoms in total. The van der Waals surface area contributed by atoms with Crippen molar-refractivity contribution in [1.29, 1.82) is 0 Å². The molecule has 1 aromatic rings. The summed E-state index contributed by atoms with van der Waals surface area (Å²) in [5.41, 5.74) is 6.87. The summed E-state index contributed by atoms with van der Waals surface area (Å²) in [4.78, 5) is 14.2. The minimum atomic E-state index is -0.603. The quantitative estimate of drug-likeness (QED) is 0.815. The summed E-state index contributed by atoms with van der Waals surface area (Å²) in [5, 5.41) is 4.15. The van der Waals surface area contributed by atoms with E-state index in [1.165, 1.54) is 7.11 Å².